The third kappa shape index (κ3) is 2.94. The van der Waals surface area contributed by atoms with E-state index in [1.54, 1.807) is 13.2 Å². The van der Waals surface area contributed by atoms with Crippen LogP contribution < -0.4 is 5.56 Å². The highest BCUT2D eigenvalue weighted by atomic mass is 35.5. The summed E-state index contributed by atoms with van der Waals surface area (Å²) in [5.74, 6) is 0. The molecule has 3 rings (SSSR count). The van der Waals surface area contributed by atoms with Crippen LogP contribution in [0.3, 0.4) is 0 Å². The van der Waals surface area contributed by atoms with Gasteiger partial charge in [-0.2, -0.15) is 9.61 Å². The Morgan fingerprint density at radius 1 is 1.32 bits per heavy atom. The van der Waals surface area contributed by atoms with Gasteiger partial charge in [0.25, 0.3) is 5.56 Å². The van der Waals surface area contributed by atoms with Gasteiger partial charge in [-0.15, -0.1) is 0 Å². The molecule has 0 radical (unpaired) electrons. The van der Waals surface area contributed by atoms with Crippen LogP contribution in [-0.2, 0) is 11.3 Å². The van der Waals surface area contributed by atoms with E-state index in [4.69, 9.17) is 16.3 Å². The number of rotatable bonds is 4. The summed E-state index contributed by atoms with van der Waals surface area (Å²) in [6.07, 6.45) is 3.59. The third-order valence-electron chi connectivity index (χ3n) is 2.92. The lowest BCUT2D eigenvalue weighted by molar-refractivity contribution is 0.183. The van der Waals surface area contributed by atoms with Crippen molar-refractivity contribution in [2.45, 2.75) is 6.61 Å². The van der Waals surface area contributed by atoms with Crippen molar-refractivity contribution in [3.8, 4) is 0 Å². The fourth-order valence-corrected chi connectivity index (χ4v) is 2.96. The van der Waals surface area contributed by atoms with Crippen molar-refractivity contribution in [3.63, 3.8) is 0 Å². The van der Waals surface area contributed by atoms with Gasteiger partial charge in [0.1, 0.15) is 10.0 Å². The molecule has 0 amide bonds. The Balaban J connectivity index is 2.05. The summed E-state index contributed by atoms with van der Waals surface area (Å²) in [4.78, 5) is 17.1. The molecule has 1 aromatic carbocycles. The molecule has 0 saturated carbocycles. The molecule has 5 nitrogen and oxygen atoms in total. The molecule has 0 saturated heterocycles. The van der Waals surface area contributed by atoms with Gasteiger partial charge in [-0.3, -0.25) is 4.79 Å². The largest absolute Gasteiger partial charge is 0.377 e. The first-order valence-corrected chi connectivity index (χ1v) is 7.69. The van der Waals surface area contributed by atoms with Gasteiger partial charge < -0.3 is 4.74 Å². The topological polar surface area (TPSA) is 56.5 Å². The van der Waals surface area contributed by atoms with E-state index in [0.29, 0.717) is 22.3 Å². The van der Waals surface area contributed by atoms with E-state index < -0.39 is 0 Å². The van der Waals surface area contributed by atoms with Crippen LogP contribution in [0.2, 0.25) is 5.02 Å². The summed E-state index contributed by atoms with van der Waals surface area (Å²) in [6.45, 7) is 0.334. The average molecular weight is 334 g/mol. The smallest absolute Gasteiger partial charge is 0.294 e. The molecule has 0 bridgehead atoms. The molecule has 0 aliphatic heterocycles. The summed E-state index contributed by atoms with van der Waals surface area (Å²) in [5, 5.41) is 4.88. The molecule has 0 aliphatic carbocycles. The highest BCUT2D eigenvalue weighted by Crippen LogP contribution is 2.18. The van der Waals surface area contributed by atoms with E-state index in [-0.39, 0.29) is 10.6 Å². The van der Waals surface area contributed by atoms with Gasteiger partial charge in [-0.1, -0.05) is 59.3 Å². The molecule has 0 spiro atoms. The molecule has 7 heteroatoms. The number of hydrogen-bond donors (Lipinski definition) is 0. The van der Waals surface area contributed by atoms with E-state index >= 15 is 0 Å². The van der Waals surface area contributed by atoms with Crippen LogP contribution in [0.15, 0.2) is 35.1 Å². The predicted octanol–water partition coefficient (Wildman–Crippen LogP) is 3.12. The number of aromatic nitrogens is 3. The van der Waals surface area contributed by atoms with Crippen LogP contribution >= 0.6 is 22.9 Å². The minimum Gasteiger partial charge on any atom is -0.377 e. The summed E-state index contributed by atoms with van der Waals surface area (Å²) in [7, 11) is 1.57. The van der Waals surface area contributed by atoms with Crippen molar-refractivity contribution in [2.75, 3.05) is 7.11 Å². The molecule has 112 valence electrons. The fraction of sp³-hybridized carbons (Fsp3) is 0.133. The average Bonchev–Trinajstić information content (AvgIpc) is 2.94. The van der Waals surface area contributed by atoms with Crippen LogP contribution in [-0.4, -0.2) is 21.7 Å². The van der Waals surface area contributed by atoms with Crippen molar-refractivity contribution in [3.05, 3.63) is 62.0 Å². The second-order valence-corrected chi connectivity index (χ2v) is 5.90. The Hall–Kier alpha value is -2.02. The Kier molecular flexibility index (Phi) is 4.33. The van der Waals surface area contributed by atoms with Crippen LogP contribution in [0.4, 0.5) is 0 Å². The van der Waals surface area contributed by atoms with Crippen molar-refractivity contribution < 1.29 is 4.74 Å². The molecule has 0 fully saturated rings. The number of ether oxygens (including phenoxy) is 1. The molecule has 0 N–H and O–H groups in total. The molecule has 2 heterocycles. The van der Waals surface area contributed by atoms with Gasteiger partial charge in [0.2, 0.25) is 4.96 Å². The Labute approximate surface area is 135 Å². The second kappa shape index (κ2) is 6.39. The number of fused-ring (bicyclic) bond motifs is 1. The first-order valence-electron chi connectivity index (χ1n) is 6.49. The molecule has 0 atom stereocenters. The van der Waals surface area contributed by atoms with Gasteiger partial charge in [0, 0.05) is 7.11 Å². The summed E-state index contributed by atoms with van der Waals surface area (Å²) < 4.78 is 6.23. The number of methoxy groups -OCH3 is 1. The van der Waals surface area contributed by atoms with E-state index in [0.717, 1.165) is 5.56 Å². The molecular weight excluding hydrogens is 322 g/mol. The van der Waals surface area contributed by atoms with E-state index in [2.05, 4.69) is 10.1 Å². The fourth-order valence-electron chi connectivity index (χ4n) is 1.91. The Morgan fingerprint density at radius 2 is 2.09 bits per heavy atom. The lowest BCUT2D eigenvalue weighted by atomic mass is 10.2. The zero-order chi connectivity index (χ0) is 15.5. The maximum Gasteiger partial charge on any atom is 0.294 e. The van der Waals surface area contributed by atoms with E-state index in [1.807, 2.05) is 36.4 Å². The zero-order valence-electron chi connectivity index (χ0n) is 11.7. The predicted molar refractivity (Wildman–Crippen MR) is 88.2 cm³/mol. The highest BCUT2D eigenvalue weighted by Gasteiger charge is 2.13. The molecule has 0 unspecified atom stereocenters. The minimum absolute atomic E-state index is 0.0546. The number of benzene rings is 1. The molecule has 0 aliphatic rings. The minimum atomic E-state index is -0.377. The monoisotopic (exact) mass is 333 g/mol. The second-order valence-electron chi connectivity index (χ2n) is 4.48. The number of halogens is 1. The first-order chi connectivity index (χ1) is 10.7. The molecular formula is C15H12ClN3O2S. The van der Waals surface area contributed by atoms with Gasteiger partial charge in [0.05, 0.1) is 12.3 Å². The Bertz CT molecular complexity index is 887. The molecule has 2 aromatic heterocycles. The standard InChI is InChI=1S/C15H12ClN3O2S/c1-21-9-12-18-19-14(20)13(16)11(17-15(19)22-12)8-7-10-5-3-2-4-6-10/h2-8H,9H2,1H3. The van der Waals surface area contributed by atoms with Crippen molar-refractivity contribution in [1.82, 2.24) is 14.6 Å². The van der Waals surface area contributed by atoms with Crippen LogP contribution in [0.1, 0.15) is 16.3 Å². The van der Waals surface area contributed by atoms with Gasteiger partial charge in [-0.25, -0.2) is 4.98 Å². The van der Waals surface area contributed by atoms with Gasteiger partial charge >= 0.3 is 0 Å². The van der Waals surface area contributed by atoms with Gasteiger partial charge in [-0.05, 0) is 11.6 Å². The highest BCUT2D eigenvalue weighted by molar-refractivity contribution is 7.16. The summed E-state index contributed by atoms with van der Waals surface area (Å²) >= 11 is 7.41. The van der Waals surface area contributed by atoms with Crippen LogP contribution in [0, 0.1) is 0 Å². The van der Waals surface area contributed by atoms with Crippen LogP contribution in [0.25, 0.3) is 17.1 Å². The van der Waals surface area contributed by atoms with Crippen molar-refractivity contribution >= 4 is 40.1 Å². The maximum atomic E-state index is 12.2. The SMILES string of the molecule is COCc1nn2c(=O)c(Cl)c(C=Cc3ccccc3)nc2s1. The third-order valence-corrected chi connectivity index (χ3v) is 4.16. The first kappa shape index (κ1) is 14.9. The summed E-state index contributed by atoms with van der Waals surface area (Å²) in [5.41, 5.74) is 1.06. The number of nitrogens with zero attached hydrogens (tertiary/aromatic N) is 3. The number of hydrogen-bond acceptors (Lipinski definition) is 5. The Morgan fingerprint density at radius 3 is 2.82 bits per heavy atom. The van der Waals surface area contributed by atoms with E-state index in [1.165, 1.54) is 15.9 Å². The normalized spacial score (nSPS) is 11.5. The van der Waals surface area contributed by atoms with Gasteiger partial charge in [0.15, 0.2) is 0 Å². The maximum absolute atomic E-state index is 12.2. The van der Waals surface area contributed by atoms with Crippen molar-refractivity contribution in [2.24, 2.45) is 0 Å². The molecule has 22 heavy (non-hydrogen) atoms. The van der Waals surface area contributed by atoms with E-state index in [9.17, 15) is 4.79 Å². The zero-order valence-corrected chi connectivity index (χ0v) is 13.3. The lowest BCUT2D eigenvalue weighted by Crippen LogP contribution is -2.17. The van der Waals surface area contributed by atoms with Crippen LogP contribution in [0.5, 0.6) is 0 Å². The quantitative estimate of drug-likeness (QED) is 0.736. The summed E-state index contributed by atoms with van der Waals surface area (Å²) in [6, 6.07) is 9.73. The lowest BCUT2D eigenvalue weighted by Gasteiger charge is -1.98. The van der Waals surface area contributed by atoms with Crippen molar-refractivity contribution in [1.29, 1.82) is 0 Å². The molecule has 3 aromatic rings.